The Hall–Kier alpha value is -4.79. The number of carbonyl (C=O) groups excluding carboxylic acids is 2. The lowest BCUT2D eigenvalue weighted by Gasteiger charge is -2.43. The second-order valence-corrected chi connectivity index (χ2v) is 29.4. The summed E-state index contributed by atoms with van der Waals surface area (Å²) in [5, 5.41) is 31.0. The van der Waals surface area contributed by atoms with Gasteiger partial charge in [0.25, 0.3) is 0 Å². The molecule has 0 radical (unpaired) electrons. The number of ketones is 1. The van der Waals surface area contributed by atoms with Gasteiger partial charge in [-0.1, -0.05) is 219 Å². The van der Waals surface area contributed by atoms with E-state index in [1.165, 1.54) is 164 Å². The number of hydrogen-bond acceptors (Lipinski definition) is 10. The predicted octanol–water partition coefficient (Wildman–Crippen LogP) is 17.3. The summed E-state index contributed by atoms with van der Waals surface area (Å²) in [6.07, 6.45) is 37.1. The lowest BCUT2D eigenvalue weighted by atomic mass is 9.74. The van der Waals surface area contributed by atoms with Gasteiger partial charge in [-0.3, -0.25) is 19.3 Å². The van der Waals surface area contributed by atoms with E-state index in [0.29, 0.717) is 37.5 Å². The lowest BCUT2D eigenvalue weighted by molar-refractivity contribution is -0.150. The second-order valence-electron chi connectivity index (χ2n) is 29.4. The molecule has 12 heteroatoms. The molecule has 6 atom stereocenters. The lowest BCUT2D eigenvalue weighted by Crippen LogP contribution is -2.49. The Kier molecular flexibility index (Phi) is 32.6. The number of carboxylic acid groups (broad SMARTS) is 1. The summed E-state index contributed by atoms with van der Waals surface area (Å²) in [5.41, 5.74) is 9.90. The van der Waals surface area contributed by atoms with Crippen LogP contribution >= 0.6 is 0 Å². The third-order valence-corrected chi connectivity index (χ3v) is 23.1. The van der Waals surface area contributed by atoms with Crippen molar-refractivity contribution in [2.75, 3.05) is 39.5 Å². The fourth-order valence-electron chi connectivity index (χ4n) is 17.8. The van der Waals surface area contributed by atoms with Gasteiger partial charge in [0.15, 0.2) is 0 Å². The molecule has 94 heavy (non-hydrogen) atoms. The highest BCUT2D eigenvalue weighted by atomic mass is 16.5. The first-order chi connectivity index (χ1) is 46.0. The van der Waals surface area contributed by atoms with Crippen molar-refractivity contribution in [3.05, 3.63) is 144 Å². The van der Waals surface area contributed by atoms with Crippen molar-refractivity contribution in [2.24, 2.45) is 53.1 Å². The molecule has 4 aliphatic heterocycles. The highest BCUT2D eigenvalue weighted by Crippen LogP contribution is 2.53. The summed E-state index contributed by atoms with van der Waals surface area (Å²) in [6.45, 7) is 11.7. The van der Waals surface area contributed by atoms with E-state index in [0.717, 1.165) is 92.9 Å². The number of aliphatic hydroxyl groups excluding tert-OH is 2. The number of nitrogens with two attached hydrogens (primary N) is 1. The molecule has 4 aliphatic carbocycles. The number of likely N-dealkylation sites (tertiary alicyclic amines) is 1. The molecule has 1 amide bonds. The SMILES string of the molecule is CCCC1CCC([C@@]23CCC(=O)N2[C@@H](c2ccccc2)CO3)CC1.CCCC1CCC([C@H]2CCCN2)CC1.CCCC1CCC([C@H]2CCCN2[C@H](CO)c2ccccc2)CC1.N[C@H](CO)c1ccccc1.O=C(O)CCC(=O)C1CCC(CCOCc2ccccc2)CC1. The van der Waals surface area contributed by atoms with Crippen LogP contribution in [-0.4, -0.2) is 100 Å². The van der Waals surface area contributed by atoms with E-state index in [4.69, 9.17) is 25.4 Å². The summed E-state index contributed by atoms with van der Waals surface area (Å²) >= 11 is 0. The molecule has 4 aromatic rings. The van der Waals surface area contributed by atoms with E-state index in [1.807, 2.05) is 54.6 Å². The first-order valence-corrected chi connectivity index (χ1v) is 37.9. The summed E-state index contributed by atoms with van der Waals surface area (Å²) in [7, 11) is 0. The van der Waals surface area contributed by atoms with Gasteiger partial charge in [-0.2, -0.15) is 0 Å². The predicted molar refractivity (Wildman–Crippen MR) is 381 cm³/mol. The Morgan fingerprint density at radius 3 is 1.69 bits per heavy atom. The Morgan fingerprint density at radius 1 is 0.617 bits per heavy atom. The molecular formula is C82H124N4O8. The summed E-state index contributed by atoms with van der Waals surface area (Å²) in [6, 6.07) is 42.4. The number of benzene rings is 4. The van der Waals surface area contributed by atoms with Crippen LogP contribution in [0.3, 0.4) is 0 Å². The average molecular weight is 1290 g/mol. The van der Waals surface area contributed by atoms with Crippen molar-refractivity contribution in [2.45, 2.75) is 262 Å². The Bertz CT molecular complexity index is 2680. The topological polar surface area (TPSA) is 175 Å². The molecule has 8 aliphatic rings. The van der Waals surface area contributed by atoms with E-state index in [9.17, 15) is 19.5 Å². The fraction of sp³-hybridized carbons (Fsp3) is 0.671. The molecule has 12 rings (SSSR count). The number of nitrogens with one attached hydrogen (secondary N) is 1. The zero-order chi connectivity index (χ0) is 66.3. The van der Waals surface area contributed by atoms with Gasteiger partial charge in [0.05, 0.1) is 51.0 Å². The van der Waals surface area contributed by atoms with Crippen LogP contribution in [0, 0.1) is 47.3 Å². The van der Waals surface area contributed by atoms with Crippen molar-refractivity contribution in [3.8, 4) is 0 Å². The van der Waals surface area contributed by atoms with Crippen LogP contribution in [0.4, 0.5) is 0 Å². The molecule has 8 fully saturated rings. The molecule has 6 N–H and O–H groups in total. The summed E-state index contributed by atoms with van der Waals surface area (Å²) in [5.74, 6) is 5.57. The number of ether oxygens (including phenoxy) is 2. The van der Waals surface area contributed by atoms with Crippen LogP contribution in [0.15, 0.2) is 121 Å². The Balaban J connectivity index is 0.000000155. The zero-order valence-electron chi connectivity index (χ0n) is 58.3. The maximum Gasteiger partial charge on any atom is 0.303 e. The molecule has 520 valence electrons. The number of carbonyl (C=O) groups is 3. The number of carboxylic acids is 1. The van der Waals surface area contributed by atoms with Gasteiger partial charge in [-0.15, -0.1) is 0 Å². The molecule has 12 nitrogen and oxygen atoms in total. The molecule has 4 saturated heterocycles. The van der Waals surface area contributed by atoms with Crippen LogP contribution in [0.25, 0.3) is 0 Å². The second kappa shape index (κ2) is 40.8. The van der Waals surface area contributed by atoms with E-state index < -0.39 is 5.97 Å². The number of nitrogens with zero attached hydrogens (tertiary/aromatic N) is 2. The number of amides is 1. The minimum atomic E-state index is -0.886. The molecule has 0 spiro atoms. The molecular weight excluding hydrogens is 1170 g/mol. The normalized spacial score (nSPS) is 29.0. The van der Waals surface area contributed by atoms with E-state index in [2.05, 4.69) is 103 Å². The minimum absolute atomic E-state index is 0.00398. The van der Waals surface area contributed by atoms with Gasteiger partial charge < -0.3 is 40.7 Å². The van der Waals surface area contributed by atoms with Gasteiger partial charge in [-0.25, -0.2) is 0 Å². The van der Waals surface area contributed by atoms with Crippen molar-refractivity contribution in [1.82, 2.24) is 15.1 Å². The largest absolute Gasteiger partial charge is 0.481 e. The molecule has 4 heterocycles. The smallest absolute Gasteiger partial charge is 0.303 e. The highest BCUT2D eigenvalue weighted by molar-refractivity contribution is 5.84. The third-order valence-electron chi connectivity index (χ3n) is 23.1. The van der Waals surface area contributed by atoms with Crippen LogP contribution < -0.4 is 11.1 Å². The minimum Gasteiger partial charge on any atom is -0.481 e. The van der Waals surface area contributed by atoms with E-state index in [1.54, 1.807) is 0 Å². The summed E-state index contributed by atoms with van der Waals surface area (Å²) in [4.78, 5) is 39.9. The fourth-order valence-corrected chi connectivity index (χ4v) is 17.8. The van der Waals surface area contributed by atoms with Crippen LogP contribution in [0.1, 0.15) is 260 Å². The van der Waals surface area contributed by atoms with Gasteiger partial charge in [0, 0.05) is 49.8 Å². The van der Waals surface area contributed by atoms with Crippen molar-refractivity contribution >= 4 is 17.7 Å². The number of aliphatic carboxylic acids is 1. The van der Waals surface area contributed by atoms with Crippen LogP contribution in [0.5, 0.6) is 0 Å². The quantitative estimate of drug-likeness (QED) is 0.0422. The first kappa shape index (κ1) is 75.0. The van der Waals surface area contributed by atoms with Crippen molar-refractivity contribution in [1.29, 1.82) is 0 Å². The van der Waals surface area contributed by atoms with Gasteiger partial charge in [0.2, 0.25) is 5.91 Å². The zero-order valence-corrected chi connectivity index (χ0v) is 58.3. The molecule has 4 aromatic carbocycles. The molecule has 4 saturated carbocycles. The first-order valence-electron chi connectivity index (χ1n) is 37.9. The molecule has 0 unspecified atom stereocenters. The van der Waals surface area contributed by atoms with Crippen molar-refractivity contribution < 1.29 is 39.2 Å². The number of rotatable bonds is 24. The third kappa shape index (κ3) is 22.6. The maximum absolute atomic E-state index is 12.7. The van der Waals surface area contributed by atoms with E-state index in [-0.39, 0.29) is 67.5 Å². The number of aliphatic hydroxyl groups is 2. The molecule has 0 aromatic heterocycles. The molecule has 0 bridgehead atoms. The van der Waals surface area contributed by atoms with E-state index >= 15 is 0 Å². The summed E-state index contributed by atoms with van der Waals surface area (Å²) < 4.78 is 12.2. The van der Waals surface area contributed by atoms with Gasteiger partial charge in [-0.05, 0) is 167 Å². The van der Waals surface area contributed by atoms with Crippen LogP contribution in [0.2, 0.25) is 0 Å². The number of hydrogen-bond donors (Lipinski definition) is 5. The standard InChI is InChI=1S/C21H29NO2.C21H33NO.C19H26O4.C13H25N.C8H11NO/c1-2-6-16-9-11-18(12-10-16)21-14-13-20(23)22(21)19(15-24-21)17-7-4-3-5-8-17;1-2-7-17-11-13-19(14-12-17)20-10-6-15-22(20)21(16-23)18-8-4-3-5-9-18;20-18(10-11-19(21)22)17-8-6-15(7-9-17)12-13-23-14-16-4-2-1-3-5-16;1-2-4-11-6-8-12(9-7-11)13-5-3-10-14-13;9-8(6-10)7-4-2-1-3-5-7/h3-5,7-8,16,18-19H,2,6,9-15H2,1H3;3-5,8-9,17,19-21,23H,2,6-7,10-16H2,1H3;1-5,15,17H,6-14H2,(H,21,22);11-14H,2-10H2,1H3;1-5,8,10H,6,9H2/t16?,18?,19-,21+;17?,19?,20-,21-;;11?,12?,13-;8-/m11.11/s1. The highest BCUT2D eigenvalue weighted by Gasteiger charge is 2.58. The number of Topliss-reactive ketones (excluding diaryl/α,β-unsaturated/α-hetero) is 1. The van der Waals surface area contributed by atoms with Gasteiger partial charge >= 0.3 is 5.97 Å². The number of fused-ring (bicyclic) bond motifs is 1. The Morgan fingerprint density at radius 2 is 1.15 bits per heavy atom. The monoisotopic (exact) mass is 1290 g/mol. The maximum atomic E-state index is 12.7. The average Bonchev–Trinajstić information content (AvgIpc) is 1.57. The van der Waals surface area contributed by atoms with Crippen LogP contribution in [-0.2, 0) is 30.5 Å². The van der Waals surface area contributed by atoms with Crippen molar-refractivity contribution in [3.63, 3.8) is 0 Å². The Labute approximate surface area is 567 Å². The van der Waals surface area contributed by atoms with Gasteiger partial charge in [0.1, 0.15) is 11.5 Å².